The van der Waals surface area contributed by atoms with Crippen molar-refractivity contribution in [3.05, 3.63) is 513 Å². The van der Waals surface area contributed by atoms with Gasteiger partial charge in [-0.3, -0.25) is 28.8 Å². The number of aromatic nitrogens is 3. The van der Waals surface area contributed by atoms with Crippen molar-refractivity contribution >= 4 is 141 Å². The Morgan fingerprint density at radius 2 is 0.490 bits per heavy atom. The molecule has 3 aromatic heterocycles. The second-order valence-electron chi connectivity index (χ2n) is 36.0. The van der Waals surface area contributed by atoms with Gasteiger partial charge in [-0.05, 0) is 250 Å². The molecule has 0 aliphatic carbocycles. The van der Waals surface area contributed by atoms with E-state index in [1.807, 2.05) is 270 Å². The highest BCUT2D eigenvalue weighted by atomic mass is 16.2. The van der Waals surface area contributed by atoms with Crippen LogP contribution in [-0.2, 0) is 0 Å². The molecule has 149 heavy (non-hydrogen) atoms. The summed E-state index contributed by atoms with van der Waals surface area (Å²) >= 11 is 0. The molecule has 0 unspecified atom stereocenters. The third-order valence-electron chi connectivity index (χ3n) is 27.5. The minimum absolute atomic E-state index is 0.249. The van der Waals surface area contributed by atoms with E-state index >= 15 is 0 Å². The Hall–Kier alpha value is -22.1. The summed E-state index contributed by atoms with van der Waals surface area (Å²) in [6.45, 7) is 32.8. The standard InChI is InChI=1S/2C48H24N6O2.C33H22N2O2/c1-51-34-23-29(27-49)21-32(25-34)37-14-8-18-41-44(37)45-38(33-22-30(28-50)24-35(26-33)52-2)15-9-19-42(45)53(41)43-20-10-16-39-46(43)48(56)54(47(39)55)40-17-7-6-13-36(40)31-11-4-3-5-12-31;1-51-36-21-29(27-49)19-34(23-36)32-15-17-43-40(25-32)41-26-33(35-20-30(28-50)22-37(24-35)52-2)16-18-44(41)53(43)45-14-8-12-39-46(45)48(56)54(47(39)55)42-13-7-6-11-38(42)31-9-4-3-5-10-31;1-21-18-19-25-24-13-6-8-16-28(24)34(30(25)20-21)29-17-9-14-26-31(29)33(37)35(32(26)36)27-15-7-5-12-23(27)22-10-3-2-4-11-22/h2*3-26H;2-20H,1H3. The Morgan fingerprint density at radius 3 is 0.859 bits per heavy atom. The van der Waals surface area contributed by atoms with Crippen LogP contribution in [0.25, 0.3) is 180 Å². The van der Waals surface area contributed by atoms with E-state index in [0.29, 0.717) is 129 Å². The van der Waals surface area contributed by atoms with Crippen LogP contribution < -0.4 is 14.7 Å². The van der Waals surface area contributed by atoms with Crippen molar-refractivity contribution in [2.45, 2.75) is 6.92 Å². The van der Waals surface area contributed by atoms with Crippen molar-refractivity contribution in [1.29, 1.82) is 21.0 Å². The van der Waals surface area contributed by atoms with E-state index in [-0.39, 0.29) is 28.5 Å². The third kappa shape index (κ3) is 15.4. The molecule has 0 saturated carbocycles. The molecular formula is C129H70N14O6. The second kappa shape index (κ2) is 37.2. The molecule has 6 heterocycles. The van der Waals surface area contributed by atoms with Crippen molar-refractivity contribution in [2.75, 3.05) is 14.7 Å². The van der Waals surface area contributed by atoms with E-state index < -0.39 is 23.6 Å². The number of amides is 6. The van der Waals surface area contributed by atoms with Crippen molar-refractivity contribution in [3.63, 3.8) is 0 Å². The van der Waals surface area contributed by atoms with Gasteiger partial charge in [0.05, 0.1) is 151 Å². The minimum Gasteiger partial charge on any atom is -0.308 e. The van der Waals surface area contributed by atoms with Crippen molar-refractivity contribution < 1.29 is 28.8 Å². The van der Waals surface area contributed by atoms with Crippen LogP contribution >= 0.6 is 0 Å². The lowest BCUT2D eigenvalue weighted by atomic mass is 9.93. The second-order valence-corrected chi connectivity index (χ2v) is 36.0. The van der Waals surface area contributed by atoms with E-state index in [1.165, 1.54) is 14.7 Å². The number of nitriles is 4. The first-order valence-corrected chi connectivity index (χ1v) is 47.3. The molecule has 6 amide bonds. The average Bonchev–Trinajstić information content (AvgIpc) is 1.55. The first-order valence-electron chi connectivity index (χ1n) is 47.3. The van der Waals surface area contributed by atoms with Crippen molar-refractivity contribution in [1.82, 2.24) is 13.7 Å². The van der Waals surface area contributed by atoms with Crippen LogP contribution in [0.4, 0.5) is 39.8 Å². The number of anilines is 3. The fraction of sp³-hybridized carbons (Fsp3) is 0.00775. The fourth-order valence-corrected chi connectivity index (χ4v) is 21.0. The molecule has 19 aromatic carbocycles. The molecule has 0 saturated heterocycles. The Bertz CT molecular complexity index is 9640. The molecule has 3 aliphatic heterocycles. The number of imide groups is 3. The largest absolute Gasteiger partial charge is 0.308 e. The first kappa shape index (κ1) is 90.7. The molecule has 0 atom stereocenters. The van der Waals surface area contributed by atoms with E-state index in [0.717, 1.165) is 116 Å². The maximum Gasteiger partial charge on any atom is 0.268 e. The smallest absolute Gasteiger partial charge is 0.268 e. The van der Waals surface area contributed by atoms with Crippen molar-refractivity contribution in [2.24, 2.45) is 0 Å². The van der Waals surface area contributed by atoms with Gasteiger partial charge in [0.2, 0.25) is 0 Å². The Morgan fingerprint density at radius 1 is 0.208 bits per heavy atom. The zero-order valence-electron chi connectivity index (χ0n) is 78.9. The molecule has 20 nitrogen and oxygen atoms in total. The number of fused-ring (bicyclic) bond motifs is 12. The van der Waals surface area contributed by atoms with Gasteiger partial charge in [-0.1, -0.05) is 231 Å². The van der Waals surface area contributed by atoms with Crippen LogP contribution in [0.3, 0.4) is 0 Å². The number of hydrogen-bond donors (Lipinski definition) is 0. The zero-order valence-corrected chi connectivity index (χ0v) is 78.9. The number of carbonyl (C=O) groups excluding carboxylic acids is 6. The Kier molecular flexibility index (Phi) is 22.6. The Balaban J connectivity index is 0.000000125. The molecular weight excluding hydrogens is 1840 g/mol. The number of para-hydroxylation sites is 4. The van der Waals surface area contributed by atoms with Gasteiger partial charge in [0.25, 0.3) is 35.4 Å². The summed E-state index contributed by atoms with van der Waals surface area (Å²) in [6.07, 6.45) is 0. The monoisotopic (exact) mass is 1910 g/mol. The van der Waals surface area contributed by atoms with Gasteiger partial charge in [0.1, 0.15) is 0 Å². The molecule has 0 N–H and O–H groups in total. The van der Waals surface area contributed by atoms with Gasteiger partial charge in [0, 0.05) is 71.3 Å². The number of nitrogens with zero attached hydrogens (tertiary/aromatic N) is 14. The number of hydrogen-bond acceptors (Lipinski definition) is 10. The number of benzene rings is 19. The highest BCUT2D eigenvalue weighted by molar-refractivity contribution is 6.39. The van der Waals surface area contributed by atoms with E-state index in [9.17, 15) is 49.8 Å². The lowest BCUT2D eigenvalue weighted by Gasteiger charge is -2.18. The summed E-state index contributed by atoms with van der Waals surface area (Å²) in [7, 11) is 0. The van der Waals surface area contributed by atoms with Gasteiger partial charge >= 0.3 is 0 Å². The normalized spacial score (nSPS) is 12.2. The lowest BCUT2D eigenvalue weighted by molar-refractivity contribution is 0.0910. The maximum atomic E-state index is 14.8. The molecule has 0 bridgehead atoms. The number of carbonyl (C=O) groups is 6. The van der Waals surface area contributed by atoms with Gasteiger partial charge in [-0.15, -0.1) is 0 Å². The first-order chi connectivity index (χ1) is 73.0. The quantitative estimate of drug-likeness (QED) is 0.0781. The molecule has 25 rings (SSSR count). The molecule has 20 heteroatoms. The summed E-state index contributed by atoms with van der Waals surface area (Å²) in [4.78, 5) is 104. The number of rotatable bonds is 13. The minimum atomic E-state index is -0.460. The van der Waals surface area contributed by atoms with Crippen LogP contribution in [0.2, 0.25) is 0 Å². The van der Waals surface area contributed by atoms with E-state index in [4.69, 9.17) is 26.3 Å². The van der Waals surface area contributed by atoms with Gasteiger partial charge in [0.15, 0.2) is 22.7 Å². The third-order valence-corrected chi connectivity index (χ3v) is 27.5. The molecule has 0 radical (unpaired) electrons. The summed E-state index contributed by atoms with van der Waals surface area (Å²) in [5, 5.41) is 44.6. The summed E-state index contributed by atoms with van der Waals surface area (Å²) in [5.41, 5.74) is 24.8. The molecule has 0 fully saturated rings. The molecule has 3 aliphatic rings. The zero-order chi connectivity index (χ0) is 102. The topological polar surface area (TPSA) is 240 Å². The average molecular weight is 1910 g/mol. The van der Waals surface area contributed by atoms with Crippen LogP contribution in [0.5, 0.6) is 0 Å². The maximum absolute atomic E-state index is 14.8. The summed E-state index contributed by atoms with van der Waals surface area (Å²) in [6, 6.07) is 134. The molecule has 0 spiro atoms. The van der Waals surface area contributed by atoms with Gasteiger partial charge in [-0.25, -0.2) is 34.1 Å². The molecule has 22 aromatic rings. The Labute approximate surface area is 852 Å². The van der Waals surface area contributed by atoms with Gasteiger partial charge in [-0.2, -0.15) is 21.0 Å². The van der Waals surface area contributed by atoms with Crippen molar-refractivity contribution in [3.8, 4) is 119 Å². The van der Waals surface area contributed by atoms with Gasteiger partial charge < -0.3 is 13.7 Å². The predicted molar refractivity (Wildman–Crippen MR) is 582 cm³/mol. The lowest BCUT2D eigenvalue weighted by Crippen LogP contribution is -2.30. The van der Waals surface area contributed by atoms with Crippen LogP contribution in [0.15, 0.2) is 406 Å². The SMILES string of the molecule is Cc1ccc2c3ccccc3n(-c3cccc4c3C(=O)N(c3ccccc3-c3ccccc3)C4=O)c2c1.[C-]#[N+]c1cc(C#N)cc(-c2ccc3c(c2)c2cc(-c4cc(C#N)cc([N+]#[C-])c4)ccc2n3-c2cccc3c2C(=O)N(c2ccccc2-c2ccccc2)C3=O)c1.[C-]#[N+]c1cc(C#N)cc(-c2cccc3c2c2c(-c4cc(C#N)cc([N+]#[C-])c4)cccc2n3-c2cccc3c2C(=O)N(c2ccccc2-c2ccccc2)C3=O)c1. The highest BCUT2D eigenvalue weighted by Crippen LogP contribution is 2.51. The van der Waals surface area contributed by atoms with Crippen LogP contribution in [0.1, 0.15) is 90.0 Å². The van der Waals surface area contributed by atoms with Crippen LogP contribution in [0, 0.1) is 78.5 Å². The summed E-state index contributed by atoms with van der Waals surface area (Å²) in [5.74, 6) is -2.36. The predicted octanol–water partition coefficient (Wildman–Crippen LogP) is 30.4. The van der Waals surface area contributed by atoms with E-state index in [2.05, 4.69) is 85.5 Å². The van der Waals surface area contributed by atoms with Crippen LogP contribution in [-0.4, -0.2) is 49.1 Å². The van der Waals surface area contributed by atoms with E-state index in [1.54, 1.807) is 115 Å². The fourth-order valence-electron chi connectivity index (χ4n) is 21.0. The molecule has 692 valence electrons. The summed E-state index contributed by atoms with van der Waals surface area (Å²) < 4.78 is 6.08. The highest BCUT2D eigenvalue weighted by Gasteiger charge is 2.44. The number of aryl methyl sites for hydroxylation is 1.